The number of carbonyl (C=O) groups excluding carboxylic acids is 1. The lowest BCUT2D eigenvalue weighted by atomic mass is 9.99. The lowest BCUT2D eigenvalue weighted by molar-refractivity contribution is 0.0648. The molecule has 6 rings (SSSR count). The Hall–Kier alpha value is -3.94. The first kappa shape index (κ1) is 16.1. The number of aromatic nitrogens is 5. The van der Waals surface area contributed by atoms with Crippen LogP contribution >= 0.6 is 0 Å². The van der Waals surface area contributed by atoms with Crippen molar-refractivity contribution >= 4 is 22.5 Å². The van der Waals surface area contributed by atoms with Crippen LogP contribution in [0, 0.1) is 0 Å². The molecule has 8 heteroatoms. The molecular formula is C21H16N6O2. The van der Waals surface area contributed by atoms with Crippen molar-refractivity contribution in [2.75, 3.05) is 6.54 Å². The second-order valence-electron chi connectivity index (χ2n) is 7.04. The number of pyridine rings is 1. The Labute approximate surface area is 164 Å². The van der Waals surface area contributed by atoms with Crippen molar-refractivity contribution in [3.8, 4) is 0 Å². The molecular weight excluding hydrogens is 368 g/mol. The fourth-order valence-electron chi connectivity index (χ4n) is 3.97. The molecule has 5 heterocycles. The van der Waals surface area contributed by atoms with Crippen LogP contribution in [0.4, 0.5) is 0 Å². The minimum absolute atomic E-state index is 0.0824. The average Bonchev–Trinajstić information content (AvgIpc) is 3.49. The van der Waals surface area contributed by atoms with E-state index in [1.165, 1.54) is 0 Å². The second kappa shape index (κ2) is 6.03. The maximum atomic E-state index is 13.4. The van der Waals surface area contributed by atoms with Crippen LogP contribution < -0.4 is 0 Å². The number of rotatable bonds is 2. The van der Waals surface area contributed by atoms with Gasteiger partial charge in [0.15, 0.2) is 5.58 Å². The van der Waals surface area contributed by atoms with Gasteiger partial charge in [-0.05, 0) is 30.3 Å². The number of amides is 1. The number of imidazole rings is 1. The van der Waals surface area contributed by atoms with E-state index >= 15 is 0 Å². The molecule has 5 aromatic rings. The lowest BCUT2D eigenvalue weighted by Gasteiger charge is -2.32. The summed E-state index contributed by atoms with van der Waals surface area (Å²) in [7, 11) is 0. The molecule has 0 aliphatic carbocycles. The topological polar surface area (TPSA) is 92.3 Å². The zero-order chi connectivity index (χ0) is 19.4. The smallest absolute Gasteiger partial charge is 0.310 e. The molecule has 4 aromatic heterocycles. The molecule has 0 unspecified atom stereocenters. The summed E-state index contributed by atoms with van der Waals surface area (Å²) in [4.78, 5) is 27.2. The van der Waals surface area contributed by atoms with E-state index in [0.29, 0.717) is 24.1 Å². The first-order valence-electron chi connectivity index (χ1n) is 9.41. The standard InChI is InChI=1S/C21H16N6O2/c28-21(20-24-14-6-1-2-7-17(14)29-20)26-10-8-15-18(23-12-22-15)19(26)16-11-13-5-3-4-9-27(13)25-16/h1-7,9,11-12,19H,8,10H2,(H,22,23)/t19-/m0/s1. The van der Waals surface area contributed by atoms with Gasteiger partial charge in [-0.2, -0.15) is 5.10 Å². The van der Waals surface area contributed by atoms with Crippen molar-refractivity contribution in [1.82, 2.24) is 29.5 Å². The maximum Gasteiger partial charge on any atom is 0.310 e. The van der Waals surface area contributed by atoms with Gasteiger partial charge in [0.25, 0.3) is 5.89 Å². The van der Waals surface area contributed by atoms with E-state index in [9.17, 15) is 4.79 Å². The quantitative estimate of drug-likeness (QED) is 0.505. The molecule has 0 spiro atoms. The Balaban J connectivity index is 1.47. The SMILES string of the molecule is O=C(c1nc2ccccc2o1)N1CCc2[nH]cnc2[C@@H]1c1cc2ccccn2n1. The number of carbonyl (C=O) groups is 1. The third kappa shape index (κ3) is 2.46. The van der Waals surface area contributed by atoms with Gasteiger partial charge in [0, 0.05) is 24.9 Å². The number of H-pyrrole nitrogens is 1. The first-order chi connectivity index (χ1) is 14.3. The third-order valence-corrected chi connectivity index (χ3v) is 5.33. The van der Waals surface area contributed by atoms with Crippen molar-refractivity contribution in [2.24, 2.45) is 0 Å². The maximum absolute atomic E-state index is 13.4. The van der Waals surface area contributed by atoms with E-state index in [1.54, 1.807) is 21.8 Å². The number of oxazole rings is 1. The van der Waals surface area contributed by atoms with Gasteiger partial charge < -0.3 is 14.3 Å². The van der Waals surface area contributed by atoms with Gasteiger partial charge in [-0.3, -0.25) is 4.79 Å². The molecule has 0 radical (unpaired) electrons. The van der Waals surface area contributed by atoms with Gasteiger partial charge in [-0.15, -0.1) is 0 Å². The minimum atomic E-state index is -0.410. The first-order valence-corrected chi connectivity index (χ1v) is 9.41. The molecule has 1 aliphatic rings. The summed E-state index contributed by atoms with van der Waals surface area (Å²) in [6.45, 7) is 0.519. The highest BCUT2D eigenvalue weighted by molar-refractivity contribution is 5.93. The van der Waals surface area contributed by atoms with Crippen LogP contribution in [-0.2, 0) is 6.42 Å². The third-order valence-electron chi connectivity index (χ3n) is 5.33. The van der Waals surface area contributed by atoms with Crippen LogP contribution in [0.25, 0.3) is 16.6 Å². The van der Waals surface area contributed by atoms with E-state index in [0.717, 1.165) is 22.6 Å². The van der Waals surface area contributed by atoms with Crippen molar-refractivity contribution in [2.45, 2.75) is 12.5 Å². The number of benzene rings is 1. The molecule has 0 fully saturated rings. The summed E-state index contributed by atoms with van der Waals surface area (Å²) in [5.41, 5.74) is 4.81. The van der Waals surface area contributed by atoms with Crippen LogP contribution in [0.2, 0.25) is 0 Å². The van der Waals surface area contributed by atoms with E-state index in [4.69, 9.17) is 9.52 Å². The monoisotopic (exact) mass is 384 g/mol. The summed E-state index contributed by atoms with van der Waals surface area (Å²) in [5.74, 6) is -0.184. The fourth-order valence-corrected chi connectivity index (χ4v) is 3.97. The highest BCUT2D eigenvalue weighted by Crippen LogP contribution is 2.34. The summed E-state index contributed by atoms with van der Waals surface area (Å²) >= 11 is 0. The Bertz CT molecular complexity index is 1300. The van der Waals surface area contributed by atoms with Gasteiger partial charge in [0.05, 0.1) is 23.2 Å². The van der Waals surface area contributed by atoms with Crippen LogP contribution in [0.1, 0.15) is 33.8 Å². The Morgan fingerprint density at radius 2 is 2.07 bits per heavy atom. The van der Waals surface area contributed by atoms with Crippen LogP contribution in [-0.4, -0.2) is 41.9 Å². The molecule has 1 aliphatic heterocycles. The van der Waals surface area contributed by atoms with E-state index in [-0.39, 0.29) is 11.8 Å². The second-order valence-corrected chi connectivity index (χ2v) is 7.04. The van der Waals surface area contributed by atoms with Crippen molar-refractivity contribution in [3.05, 3.63) is 84.0 Å². The predicted octanol–water partition coefficient (Wildman–Crippen LogP) is 2.99. The summed E-state index contributed by atoms with van der Waals surface area (Å²) in [5, 5.41) is 4.70. The number of nitrogens with one attached hydrogen (secondary N) is 1. The van der Waals surface area contributed by atoms with Crippen LogP contribution in [0.5, 0.6) is 0 Å². The van der Waals surface area contributed by atoms with E-state index in [2.05, 4.69) is 15.0 Å². The Kier molecular flexibility index (Phi) is 3.34. The number of nitrogens with zero attached hydrogens (tertiary/aromatic N) is 5. The molecule has 0 bridgehead atoms. The molecule has 1 atom stereocenters. The number of fused-ring (bicyclic) bond motifs is 3. The minimum Gasteiger partial charge on any atom is -0.432 e. The lowest BCUT2D eigenvalue weighted by Crippen LogP contribution is -2.41. The van der Waals surface area contributed by atoms with Crippen molar-refractivity contribution in [3.63, 3.8) is 0 Å². The van der Waals surface area contributed by atoms with E-state index in [1.807, 2.05) is 48.7 Å². The molecule has 142 valence electrons. The summed E-state index contributed by atoms with van der Waals surface area (Å²) in [6, 6.07) is 14.8. The predicted molar refractivity (Wildman–Crippen MR) is 104 cm³/mol. The molecule has 8 nitrogen and oxygen atoms in total. The van der Waals surface area contributed by atoms with Gasteiger partial charge in [0.1, 0.15) is 11.6 Å². The van der Waals surface area contributed by atoms with E-state index < -0.39 is 6.04 Å². The molecule has 29 heavy (non-hydrogen) atoms. The largest absolute Gasteiger partial charge is 0.432 e. The molecule has 0 saturated heterocycles. The van der Waals surface area contributed by atoms with Crippen molar-refractivity contribution < 1.29 is 9.21 Å². The molecule has 1 N–H and O–H groups in total. The van der Waals surface area contributed by atoms with Crippen LogP contribution in [0.3, 0.4) is 0 Å². The highest BCUT2D eigenvalue weighted by Gasteiger charge is 2.37. The summed E-state index contributed by atoms with van der Waals surface area (Å²) < 4.78 is 7.54. The Morgan fingerprint density at radius 3 is 2.97 bits per heavy atom. The number of hydrogen-bond donors (Lipinski definition) is 1. The van der Waals surface area contributed by atoms with Gasteiger partial charge >= 0.3 is 5.91 Å². The normalized spacial score (nSPS) is 16.4. The zero-order valence-corrected chi connectivity index (χ0v) is 15.3. The Morgan fingerprint density at radius 1 is 1.17 bits per heavy atom. The average molecular weight is 384 g/mol. The number of aromatic amines is 1. The van der Waals surface area contributed by atoms with Gasteiger partial charge in [-0.25, -0.2) is 14.5 Å². The molecule has 1 aromatic carbocycles. The molecule has 1 amide bonds. The number of para-hydroxylation sites is 2. The number of hydrogen-bond acceptors (Lipinski definition) is 5. The zero-order valence-electron chi connectivity index (χ0n) is 15.3. The summed E-state index contributed by atoms with van der Waals surface area (Å²) in [6.07, 6.45) is 4.24. The fraction of sp³-hybridized carbons (Fsp3) is 0.143. The van der Waals surface area contributed by atoms with Crippen LogP contribution in [0.15, 0.2) is 65.5 Å². The van der Waals surface area contributed by atoms with Gasteiger partial charge in [0.2, 0.25) is 0 Å². The van der Waals surface area contributed by atoms with Crippen molar-refractivity contribution in [1.29, 1.82) is 0 Å². The van der Waals surface area contributed by atoms with Gasteiger partial charge in [-0.1, -0.05) is 18.2 Å². The highest BCUT2D eigenvalue weighted by atomic mass is 16.4. The molecule has 0 saturated carbocycles.